The van der Waals surface area contributed by atoms with Crippen molar-refractivity contribution in [2.75, 3.05) is 0 Å². The summed E-state index contributed by atoms with van der Waals surface area (Å²) in [5.74, 6) is -1.03. The van der Waals surface area contributed by atoms with E-state index in [1.165, 1.54) is 0 Å². The summed E-state index contributed by atoms with van der Waals surface area (Å²) in [6.07, 6.45) is 1.67. The number of rotatable bonds is 3. The summed E-state index contributed by atoms with van der Waals surface area (Å²) in [6.45, 7) is 1.82. The van der Waals surface area contributed by atoms with Gasteiger partial charge in [0.2, 0.25) is 0 Å². The van der Waals surface area contributed by atoms with Crippen LogP contribution in [0.5, 0.6) is 0 Å². The van der Waals surface area contributed by atoms with E-state index in [0.29, 0.717) is 0 Å². The van der Waals surface area contributed by atoms with E-state index in [1.54, 1.807) is 0 Å². The Morgan fingerprint density at radius 3 is 2.64 bits per heavy atom. The molecule has 0 heterocycles. The third-order valence-electron chi connectivity index (χ3n) is 2.10. The molecule has 1 N–H and O–H groups in total. The van der Waals surface area contributed by atoms with Crippen molar-refractivity contribution in [1.82, 2.24) is 0 Å². The van der Waals surface area contributed by atoms with Gasteiger partial charge >= 0.3 is 5.97 Å². The number of carboxylic acid groups (broad SMARTS) is 1. The van der Waals surface area contributed by atoms with E-state index in [-0.39, 0.29) is 5.41 Å². The smallest absolute Gasteiger partial charge is 0.313 e. The van der Waals surface area contributed by atoms with Crippen LogP contribution < -0.4 is 0 Å². The maximum atomic E-state index is 10.5. The Balaban J connectivity index is 2.75. The van der Waals surface area contributed by atoms with Gasteiger partial charge in [0.05, 0.1) is 0 Å². The molecule has 1 rings (SSSR count). The van der Waals surface area contributed by atoms with Crippen LogP contribution in [0.3, 0.4) is 0 Å². The molecule has 0 amide bonds. The van der Waals surface area contributed by atoms with E-state index in [1.807, 2.05) is 6.92 Å². The van der Waals surface area contributed by atoms with Gasteiger partial charge < -0.3 is 5.11 Å². The van der Waals surface area contributed by atoms with Gasteiger partial charge in [-0.15, -0.1) is 0 Å². The zero-order valence-corrected chi connectivity index (χ0v) is 6.19. The molecule has 11 heavy (non-hydrogen) atoms. The number of hydrogen-bond donors (Lipinski definition) is 1. The number of carboxylic acids is 1. The van der Waals surface area contributed by atoms with E-state index in [9.17, 15) is 4.79 Å². The Bertz CT molecular complexity index is 226. The van der Waals surface area contributed by atoms with E-state index in [2.05, 4.69) is 10.0 Å². The summed E-state index contributed by atoms with van der Waals surface area (Å²) < 4.78 is 0. The average molecular weight is 155 g/mol. The Hall–Kier alpha value is -1.22. The van der Waals surface area contributed by atoms with Crippen molar-refractivity contribution in [1.29, 1.82) is 0 Å². The topological polar surface area (TPSA) is 86.1 Å². The van der Waals surface area contributed by atoms with Gasteiger partial charge in [-0.2, -0.15) is 0 Å². The maximum Gasteiger partial charge on any atom is 0.313 e. The summed E-state index contributed by atoms with van der Waals surface area (Å²) >= 11 is 0. The normalized spacial score (nSPS) is 21.5. The maximum absolute atomic E-state index is 10.5. The fourth-order valence-electron chi connectivity index (χ4n) is 1.01. The van der Waals surface area contributed by atoms with Crippen LogP contribution in [0.1, 0.15) is 19.8 Å². The van der Waals surface area contributed by atoms with Gasteiger partial charge in [0.25, 0.3) is 0 Å². The quantitative estimate of drug-likeness (QED) is 0.380. The van der Waals surface area contributed by atoms with Gasteiger partial charge in [-0.3, -0.25) is 4.79 Å². The summed E-state index contributed by atoms with van der Waals surface area (Å²) in [5, 5.41) is 11.9. The highest BCUT2D eigenvalue weighted by Crippen LogP contribution is 2.49. The minimum Gasteiger partial charge on any atom is -0.481 e. The van der Waals surface area contributed by atoms with Gasteiger partial charge in [0, 0.05) is 4.91 Å². The number of carbonyl (C=O) groups is 1. The summed E-state index contributed by atoms with van der Waals surface area (Å²) in [4.78, 5) is 13.0. The third-order valence-corrected chi connectivity index (χ3v) is 2.10. The molecule has 0 aliphatic heterocycles. The van der Waals surface area contributed by atoms with Crippen molar-refractivity contribution in [2.45, 2.75) is 25.8 Å². The molecule has 0 spiro atoms. The Morgan fingerprint density at radius 2 is 2.36 bits per heavy atom. The predicted octanol–water partition coefficient (Wildman–Crippen LogP) is 1.55. The highest BCUT2D eigenvalue weighted by molar-refractivity contribution is 5.75. The molecular formula is C6H9N3O2. The first-order chi connectivity index (χ1) is 5.10. The molecule has 0 aromatic heterocycles. The van der Waals surface area contributed by atoms with E-state index < -0.39 is 12.0 Å². The van der Waals surface area contributed by atoms with Crippen molar-refractivity contribution in [3.05, 3.63) is 10.4 Å². The highest BCUT2D eigenvalue weighted by atomic mass is 16.4. The predicted molar refractivity (Wildman–Crippen MR) is 37.9 cm³/mol. The van der Waals surface area contributed by atoms with Gasteiger partial charge in [-0.05, 0) is 23.8 Å². The van der Waals surface area contributed by atoms with Gasteiger partial charge in [0.1, 0.15) is 6.04 Å². The first kappa shape index (κ1) is 7.88. The van der Waals surface area contributed by atoms with Crippen LogP contribution in [0.15, 0.2) is 5.11 Å². The molecular weight excluding hydrogens is 146 g/mol. The zero-order valence-electron chi connectivity index (χ0n) is 6.19. The fraction of sp³-hybridized carbons (Fsp3) is 0.833. The van der Waals surface area contributed by atoms with Gasteiger partial charge in [-0.25, -0.2) is 0 Å². The van der Waals surface area contributed by atoms with Crippen LogP contribution in [0.25, 0.3) is 10.4 Å². The minimum absolute atomic E-state index is 0.280. The SMILES string of the molecule is CC1([C@H](N=[N+]=[N-])C(=O)O)CC1. The van der Waals surface area contributed by atoms with Crippen LogP contribution in [0.2, 0.25) is 0 Å². The van der Waals surface area contributed by atoms with Crippen molar-refractivity contribution in [3.8, 4) is 0 Å². The molecule has 0 radical (unpaired) electrons. The lowest BCUT2D eigenvalue weighted by Crippen LogP contribution is -2.26. The number of aliphatic carboxylic acids is 1. The lowest BCUT2D eigenvalue weighted by Gasteiger charge is -2.11. The van der Waals surface area contributed by atoms with Crippen LogP contribution in [-0.2, 0) is 4.79 Å². The Morgan fingerprint density at radius 1 is 1.82 bits per heavy atom. The lowest BCUT2D eigenvalue weighted by atomic mass is 10.0. The third kappa shape index (κ3) is 1.43. The average Bonchev–Trinajstić information content (AvgIpc) is 2.63. The fourth-order valence-corrected chi connectivity index (χ4v) is 1.01. The largest absolute Gasteiger partial charge is 0.481 e. The molecule has 5 heteroatoms. The monoisotopic (exact) mass is 155 g/mol. The zero-order chi connectivity index (χ0) is 8.48. The van der Waals surface area contributed by atoms with Crippen molar-refractivity contribution >= 4 is 5.97 Å². The number of nitrogens with zero attached hydrogens (tertiary/aromatic N) is 3. The van der Waals surface area contributed by atoms with Crippen LogP contribution in [0, 0.1) is 5.41 Å². The molecule has 0 bridgehead atoms. The second-order valence-electron chi connectivity index (χ2n) is 3.10. The first-order valence-electron chi connectivity index (χ1n) is 3.37. The molecule has 1 saturated carbocycles. The minimum atomic E-state index is -1.03. The molecule has 5 nitrogen and oxygen atoms in total. The van der Waals surface area contributed by atoms with E-state index in [0.717, 1.165) is 12.8 Å². The molecule has 1 fully saturated rings. The van der Waals surface area contributed by atoms with Crippen LogP contribution >= 0.6 is 0 Å². The van der Waals surface area contributed by atoms with Crippen LogP contribution in [-0.4, -0.2) is 17.1 Å². The van der Waals surface area contributed by atoms with Gasteiger partial charge in [0.15, 0.2) is 0 Å². The summed E-state index contributed by atoms with van der Waals surface area (Å²) in [6, 6.07) is -0.882. The van der Waals surface area contributed by atoms with Gasteiger partial charge in [-0.1, -0.05) is 12.0 Å². The molecule has 1 aliphatic carbocycles. The standard InChI is InChI=1S/C6H9N3O2/c1-6(2-3-6)4(5(10)11)8-9-7/h4H,2-3H2,1H3,(H,10,11)/t4-/m1/s1. The summed E-state index contributed by atoms with van der Waals surface area (Å²) in [5.41, 5.74) is 7.79. The van der Waals surface area contributed by atoms with Crippen molar-refractivity contribution in [2.24, 2.45) is 10.5 Å². The molecule has 1 atom stereocenters. The molecule has 0 saturated heterocycles. The molecule has 60 valence electrons. The van der Waals surface area contributed by atoms with E-state index in [4.69, 9.17) is 10.6 Å². The second-order valence-corrected chi connectivity index (χ2v) is 3.10. The number of hydrogen-bond acceptors (Lipinski definition) is 2. The lowest BCUT2D eigenvalue weighted by molar-refractivity contribution is -0.140. The Kier molecular flexibility index (Phi) is 1.74. The molecule has 1 aliphatic rings. The Labute approximate surface area is 63.6 Å². The van der Waals surface area contributed by atoms with Crippen LogP contribution in [0.4, 0.5) is 0 Å². The molecule has 0 aromatic carbocycles. The molecule has 0 unspecified atom stereocenters. The van der Waals surface area contributed by atoms with E-state index >= 15 is 0 Å². The van der Waals surface area contributed by atoms with Crippen molar-refractivity contribution in [3.63, 3.8) is 0 Å². The summed E-state index contributed by atoms with van der Waals surface area (Å²) in [7, 11) is 0. The molecule has 0 aromatic rings. The van der Waals surface area contributed by atoms with Crippen molar-refractivity contribution < 1.29 is 9.90 Å². The second kappa shape index (κ2) is 2.43. The highest BCUT2D eigenvalue weighted by Gasteiger charge is 2.48. The number of azide groups is 1. The first-order valence-corrected chi connectivity index (χ1v) is 3.37.